The number of nitrogens with two attached hydrogens (primary N) is 1. The van der Waals surface area contributed by atoms with Crippen molar-refractivity contribution in [3.8, 4) is 0 Å². The number of halogens is 2. The van der Waals surface area contributed by atoms with Gasteiger partial charge in [-0.05, 0) is 58.7 Å². The number of benzene rings is 2. The minimum atomic E-state index is -0.362. The summed E-state index contributed by atoms with van der Waals surface area (Å²) < 4.78 is 13.6. The smallest absolute Gasteiger partial charge is 0.255 e. The summed E-state index contributed by atoms with van der Waals surface area (Å²) in [7, 11) is 0. The number of nitrogen functional groups attached to an aromatic ring is 1. The molecule has 0 unspecified atom stereocenters. The maximum Gasteiger partial charge on any atom is 0.255 e. The quantitative estimate of drug-likeness (QED) is 0.828. The number of hydrogen-bond donors (Lipinski definition) is 2. The Hall–Kier alpha value is -1.88. The van der Waals surface area contributed by atoms with Gasteiger partial charge in [0.05, 0.1) is 4.47 Å². The molecule has 0 bridgehead atoms. The topological polar surface area (TPSA) is 55.1 Å². The monoisotopic (exact) mass is 322 g/mol. The van der Waals surface area contributed by atoms with Crippen molar-refractivity contribution < 1.29 is 9.18 Å². The predicted octanol–water partition coefficient (Wildman–Crippen LogP) is 3.73. The summed E-state index contributed by atoms with van der Waals surface area (Å²) in [5, 5.41) is 2.73. The van der Waals surface area contributed by atoms with Crippen LogP contribution in [0.25, 0.3) is 0 Å². The fourth-order valence-corrected chi connectivity index (χ4v) is 2.00. The molecule has 2 aromatic carbocycles. The summed E-state index contributed by atoms with van der Waals surface area (Å²) in [4.78, 5) is 12.0. The van der Waals surface area contributed by atoms with Gasteiger partial charge in [0.1, 0.15) is 5.82 Å². The lowest BCUT2D eigenvalue weighted by Gasteiger charge is -2.10. The van der Waals surface area contributed by atoms with E-state index in [4.69, 9.17) is 5.73 Å². The first-order valence-corrected chi connectivity index (χ1v) is 6.39. The zero-order chi connectivity index (χ0) is 14.0. The molecule has 3 N–H and O–H groups in total. The molecule has 3 nitrogen and oxygen atoms in total. The summed E-state index contributed by atoms with van der Waals surface area (Å²) >= 11 is 3.09. The number of hydrogen-bond acceptors (Lipinski definition) is 2. The first-order chi connectivity index (χ1) is 8.97. The molecule has 0 atom stereocenters. The van der Waals surface area contributed by atoms with E-state index >= 15 is 0 Å². The standard InChI is InChI=1S/C14H12BrFN2O/c1-8-5-12(16)11(15)7-13(8)18-14(19)9-3-2-4-10(17)6-9/h2-7H,17H2,1H3,(H,18,19). The zero-order valence-electron chi connectivity index (χ0n) is 10.2. The number of aryl methyl sites for hydroxylation is 1. The fourth-order valence-electron chi connectivity index (χ4n) is 1.66. The molecular weight excluding hydrogens is 311 g/mol. The highest BCUT2D eigenvalue weighted by Gasteiger charge is 2.10. The molecule has 98 valence electrons. The van der Waals surface area contributed by atoms with E-state index in [1.54, 1.807) is 31.2 Å². The Morgan fingerprint density at radius 1 is 1.32 bits per heavy atom. The number of anilines is 2. The van der Waals surface area contributed by atoms with Crippen LogP contribution in [-0.4, -0.2) is 5.91 Å². The number of nitrogens with one attached hydrogen (secondary N) is 1. The third-order valence-corrected chi connectivity index (χ3v) is 3.27. The molecule has 0 aliphatic carbocycles. The predicted molar refractivity (Wildman–Crippen MR) is 77.6 cm³/mol. The van der Waals surface area contributed by atoms with Gasteiger partial charge in [0, 0.05) is 16.9 Å². The van der Waals surface area contributed by atoms with Crippen LogP contribution in [0.2, 0.25) is 0 Å². The van der Waals surface area contributed by atoms with Crippen LogP contribution in [0.5, 0.6) is 0 Å². The van der Waals surface area contributed by atoms with E-state index in [1.807, 2.05) is 0 Å². The molecule has 0 saturated carbocycles. The van der Waals surface area contributed by atoms with Crippen molar-refractivity contribution in [3.05, 3.63) is 57.8 Å². The molecule has 0 aromatic heterocycles. The van der Waals surface area contributed by atoms with E-state index in [1.165, 1.54) is 12.1 Å². The van der Waals surface area contributed by atoms with Gasteiger partial charge in [0.2, 0.25) is 0 Å². The van der Waals surface area contributed by atoms with Crippen LogP contribution < -0.4 is 11.1 Å². The highest BCUT2D eigenvalue weighted by molar-refractivity contribution is 9.10. The minimum Gasteiger partial charge on any atom is -0.399 e. The van der Waals surface area contributed by atoms with Crippen molar-refractivity contribution in [2.24, 2.45) is 0 Å². The molecule has 0 aliphatic rings. The Bertz CT molecular complexity index is 643. The average molecular weight is 323 g/mol. The van der Waals surface area contributed by atoms with Crippen LogP contribution in [0.3, 0.4) is 0 Å². The summed E-state index contributed by atoms with van der Waals surface area (Å²) in [6, 6.07) is 9.56. The molecule has 0 aliphatic heterocycles. The Balaban J connectivity index is 2.27. The van der Waals surface area contributed by atoms with E-state index in [2.05, 4.69) is 21.2 Å². The van der Waals surface area contributed by atoms with Crippen LogP contribution in [0.15, 0.2) is 40.9 Å². The highest BCUT2D eigenvalue weighted by atomic mass is 79.9. The molecular formula is C14H12BrFN2O. The Labute approximate surface area is 118 Å². The third kappa shape index (κ3) is 3.12. The average Bonchev–Trinajstić information content (AvgIpc) is 2.36. The van der Waals surface area contributed by atoms with Crippen molar-refractivity contribution in [1.29, 1.82) is 0 Å². The molecule has 19 heavy (non-hydrogen) atoms. The van der Waals surface area contributed by atoms with Crippen molar-refractivity contribution in [1.82, 2.24) is 0 Å². The van der Waals surface area contributed by atoms with Gasteiger partial charge in [-0.3, -0.25) is 4.79 Å². The van der Waals surface area contributed by atoms with Crippen LogP contribution in [0.4, 0.5) is 15.8 Å². The number of rotatable bonds is 2. The maximum atomic E-state index is 13.3. The van der Waals surface area contributed by atoms with Gasteiger partial charge in [-0.15, -0.1) is 0 Å². The summed E-state index contributed by atoms with van der Waals surface area (Å²) in [5.74, 6) is -0.645. The van der Waals surface area contributed by atoms with Gasteiger partial charge < -0.3 is 11.1 Å². The first-order valence-electron chi connectivity index (χ1n) is 5.60. The van der Waals surface area contributed by atoms with Gasteiger partial charge in [-0.25, -0.2) is 4.39 Å². The van der Waals surface area contributed by atoms with E-state index in [-0.39, 0.29) is 11.7 Å². The van der Waals surface area contributed by atoms with Gasteiger partial charge in [0.15, 0.2) is 0 Å². The van der Waals surface area contributed by atoms with Crippen LogP contribution in [0.1, 0.15) is 15.9 Å². The van der Waals surface area contributed by atoms with Gasteiger partial charge in [0.25, 0.3) is 5.91 Å². The number of carbonyl (C=O) groups is 1. The van der Waals surface area contributed by atoms with Gasteiger partial charge in [-0.2, -0.15) is 0 Å². The molecule has 0 radical (unpaired) electrons. The van der Waals surface area contributed by atoms with E-state index in [9.17, 15) is 9.18 Å². The van der Waals surface area contributed by atoms with Crippen molar-refractivity contribution in [3.63, 3.8) is 0 Å². The van der Waals surface area contributed by atoms with Crippen molar-refractivity contribution in [2.45, 2.75) is 6.92 Å². The van der Waals surface area contributed by atoms with Crippen LogP contribution in [0, 0.1) is 12.7 Å². The van der Waals surface area contributed by atoms with E-state index in [0.29, 0.717) is 27.0 Å². The normalized spacial score (nSPS) is 10.3. The maximum absolute atomic E-state index is 13.3. The lowest BCUT2D eigenvalue weighted by atomic mass is 10.1. The van der Waals surface area contributed by atoms with E-state index < -0.39 is 0 Å². The SMILES string of the molecule is Cc1cc(F)c(Br)cc1NC(=O)c1cccc(N)c1. The summed E-state index contributed by atoms with van der Waals surface area (Å²) in [6.45, 7) is 1.73. The Morgan fingerprint density at radius 3 is 2.74 bits per heavy atom. The highest BCUT2D eigenvalue weighted by Crippen LogP contribution is 2.24. The molecule has 0 spiro atoms. The second-order valence-electron chi connectivity index (χ2n) is 4.16. The molecule has 0 saturated heterocycles. The lowest BCUT2D eigenvalue weighted by molar-refractivity contribution is 0.102. The van der Waals surface area contributed by atoms with Gasteiger partial charge in [-0.1, -0.05) is 6.07 Å². The Morgan fingerprint density at radius 2 is 2.05 bits per heavy atom. The zero-order valence-corrected chi connectivity index (χ0v) is 11.8. The second kappa shape index (κ2) is 5.40. The van der Waals surface area contributed by atoms with Crippen LogP contribution >= 0.6 is 15.9 Å². The van der Waals surface area contributed by atoms with Crippen molar-refractivity contribution in [2.75, 3.05) is 11.1 Å². The second-order valence-corrected chi connectivity index (χ2v) is 5.02. The fraction of sp³-hybridized carbons (Fsp3) is 0.0714. The van der Waals surface area contributed by atoms with Crippen molar-refractivity contribution >= 4 is 33.2 Å². The van der Waals surface area contributed by atoms with Crippen LogP contribution in [-0.2, 0) is 0 Å². The summed E-state index contributed by atoms with van der Waals surface area (Å²) in [5.41, 5.74) is 7.81. The molecule has 2 aromatic rings. The number of amides is 1. The first kappa shape index (κ1) is 13.5. The molecule has 2 rings (SSSR count). The Kier molecular flexibility index (Phi) is 3.85. The number of carbonyl (C=O) groups excluding carboxylic acids is 1. The molecule has 1 amide bonds. The molecule has 0 heterocycles. The lowest BCUT2D eigenvalue weighted by Crippen LogP contribution is -2.13. The summed E-state index contributed by atoms with van der Waals surface area (Å²) in [6.07, 6.45) is 0. The largest absolute Gasteiger partial charge is 0.399 e. The van der Waals surface area contributed by atoms with Gasteiger partial charge >= 0.3 is 0 Å². The molecule has 0 fully saturated rings. The third-order valence-electron chi connectivity index (χ3n) is 2.66. The van der Waals surface area contributed by atoms with E-state index in [0.717, 1.165) is 0 Å². The molecule has 5 heteroatoms. The minimum absolute atomic E-state index is 0.283.